The normalized spacial score (nSPS) is 11.2. The van der Waals surface area contributed by atoms with E-state index in [0.29, 0.717) is 24.5 Å². The van der Waals surface area contributed by atoms with Crippen molar-refractivity contribution in [2.75, 3.05) is 20.3 Å². The predicted octanol–water partition coefficient (Wildman–Crippen LogP) is 2.52. The minimum absolute atomic E-state index is 0.0860. The second-order valence-corrected chi connectivity index (χ2v) is 8.62. The summed E-state index contributed by atoms with van der Waals surface area (Å²) in [6, 6.07) is 18.8. The smallest absolute Gasteiger partial charge is 0.251 e. The van der Waals surface area contributed by atoms with E-state index >= 15 is 0 Å². The molecule has 1 amide bonds. The van der Waals surface area contributed by atoms with E-state index in [0.717, 1.165) is 11.3 Å². The number of ether oxygens (including phenoxy) is 2. The number of sulfonamides is 1. The maximum atomic E-state index is 12.5. The third kappa shape index (κ3) is 6.88. The van der Waals surface area contributed by atoms with Crippen molar-refractivity contribution in [3.63, 3.8) is 0 Å². The van der Waals surface area contributed by atoms with Crippen molar-refractivity contribution in [2.45, 2.75) is 18.0 Å². The number of aromatic nitrogens is 1. The fourth-order valence-corrected chi connectivity index (χ4v) is 3.83. The molecule has 1 heterocycles. The summed E-state index contributed by atoms with van der Waals surface area (Å²) in [5, 5.41) is 2.83. The highest BCUT2D eigenvalue weighted by atomic mass is 32.2. The first-order valence-electron chi connectivity index (χ1n) is 9.96. The van der Waals surface area contributed by atoms with E-state index < -0.39 is 10.0 Å². The zero-order valence-electron chi connectivity index (χ0n) is 17.7. The molecule has 2 N–H and O–H groups in total. The van der Waals surface area contributed by atoms with Gasteiger partial charge < -0.3 is 14.8 Å². The molecule has 0 aliphatic heterocycles. The zero-order valence-corrected chi connectivity index (χ0v) is 18.5. The number of hydrogen-bond donors (Lipinski definition) is 2. The zero-order chi connectivity index (χ0) is 22.8. The monoisotopic (exact) mass is 455 g/mol. The van der Waals surface area contributed by atoms with Crippen LogP contribution in [-0.4, -0.2) is 39.6 Å². The van der Waals surface area contributed by atoms with E-state index in [1.54, 1.807) is 6.20 Å². The highest BCUT2D eigenvalue weighted by molar-refractivity contribution is 7.89. The van der Waals surface area contributed by atoms with Gasteiger partial charge in [-0.1, -0.05) is 18.2 Å². The molecule has 32 heavy (non-hydrogen) atoms. The Balaban J connectivity index is 1.54. The maximum Gasteiger partial charge on any atom is 0.251 e. The van der Waals surface area contributed by atoms with Crippen LogP contribution in [0.25, 0.3) is 0 Å². The molecular formula is C23H25N3O5S. The number of carbonyl (C=O) groups is 1. The van der Waals surface area contributed by atoms with E-state index in [4.69, 9.17) is 9.47 Å². The summed E-state index contributed by atoms with van der Waals surface area (Å²) < 4.78 is 37.4. The van der Waals surface area contributed by atoms with E-state index in [1.807, 2.05) is 42.5 Å². The van der Waals surface area contributed by atoms with Crippen molar-refractivity contribution in [2.24, 2.45) is 0 Å². The van der Waals surface area contributed by atoms with Gasteiger partial charge in [-0.3, -0.25) is 9.78 Å². The number of benzene rings is 2. The lowest BCUT2D eigenvalue weighted by molar-refractivity contribution is 0.0950. The molecule has 3 aromatic rings. The second-order valence-electron chi connectivity index (χ2n) is 6.85. The first-order valence-corrected chi connectivity index (χ1v) is 11.4. The fourth-order valence-electron chi connectivity index (χ4n) is 2.82. The van der Waals surface area contributed by atoms with Crippen LogP contribution >= 0.6 is 0 Å². The standard InChI is InChI=1S/C23H25N3O5S/c1-30-14-13-26-32(28,29)22-10-8-19(9-11-22)23(27)25-16-18-5-4-7-21(15-18)31-17-20-6-2-3-12-24-20/h2-12,15,26H,13-14,16-17H2,1H3,(H,25,27). The summed E-state index contributed by atoms with van der Waals surface area (Å²) in [6.07, 6.45) is 1.71. The van der Waals surface area contributed by atoms with Gasteiger partial charge in [0.2, 0.25) is 10.0 Å². The molecule has 0 saturated heterocycles. The van der Waals surface area contributed by atoms with Crippen LogP contribution in [0.15, 0.2) is 77.8 Å². The molecule has 2 aromatic carbocycles. The van der Waals surface area contributed by atoms with Crippen LogP contribution in [0.2, 0.25) is 0 Å². The second kappa shape index (κ2) is 11.4. The maximum absolute atomic E-state index is 12.5. The molecule has 0 saturated carbocycles. The molecule has 0 spiro atoms. The molecule has 8 nitrogen and oxygen atoms in total. The Kier molecular flexibility index (Phi) is 8.32. The molecule has 1 aromatic heterocycles. The Labute approximate surface area is 187 Å². The Bertz CT molecular complexity index is 1120. The summed E-state index contributed by atoms with van der Waals surface area (Å²) >= 11 is 0. The van der Waals surface area contributed by atoms with E-state index in [9.17, 15) is 13.2 Å². The van der Waals surface area contributed by atoms with Crippen LogP contribution < -0.4 is 14.8 Å². The van der Waals surface area contributed by atoms with Crippen molar-refractivity contribution in [1.82, 2.24) is 15.0 Å². The third-order valence-electron chi connectivity index (χ3n) is 4.49. The fraction of sp³-hybridized carbons (Fsp3) is 0.217. The SMILES string of the molecule is COCCNS(=O)(=O)c1ccc(C(=O)NCc2cccc(OCc3ccccn3)c2)cc1. The quantitative estimate of drug-likeness (QED) is 0.430. The Hall–Kier alpha value is -3.27. The molecule has 0 radical (unpaired) electrons. The van der Waals surface area contributed by atoms with Crippen molar-refractivity contribution >= 4 is 15.9 Å². The summed E-state index contributed by atoms with van der Waals surface area (Å²) in [5.74, 6) is 0.374. The van der Waals surface area contributed by atoms with Gasteiger partial charge in [-0.05, 0) is 54.1 Å². The largest absolute Gasteiger partial charge is 0.487 e. The average Bonchev–Trinajstić information content (AvgIpc) is 2.82. The van der Waals surface area contributed by atoms with E-state index in [1.165, 1.54) is 31.4 Å². The van der Waals surface area contributed by atoms with Gasteiger partial charge in [0, 0.05) is 32.0 Å². The van der Waals surface area contributed by atoms with Crippen molar-refractivity contribution in [3.8, 4) is 5.75 Å². The minimum Gasteiger partial charge on any atom is -0.487 e. The van der Waals surface area contributed by atoms with Crippen LogP contribution in [0.3, 0.4) is 0 Å². The molecule has 0 fully saturated rings. The predicted molar refractivity (Wildman–Crippen MR) is 120 cm³/mol. The number of methoxy groups -OCH3 is 1. The minimum atomic E-state index is -3.64. The lowest BCUT2D eigenvalue weighted by Crippen LogP contribution is -2.27. The van der Waals surface area contributed by atoms with E-state index in [2.05, 4.69) is 15.0 Å². The van der Waals surface area contributed by atoms with Gasteiger partial charge in [-0.15, -0.1) is 0 Å². The molecule has 0 unspecified atom stereocenters. The molecule has 168 valence electrons. The first-order chi connectivity index (χ1) is 15.5. The van der Waals surface area contributed by atoms with Gasteiger partial charge in [-0.25, -0.2) is 13.1 Å². The molecule has 9 heteroatoms. The Morgan fingerprint density at radius 1 is 1.03 bits per heavy atom. The molecule has 0 atom stereocenters. The number of nitrogens with one attached hydrogen (secondary N) is 2. The lowest BCUT2D eigenvalue weighted by Gasteiger charge is -2.10. The molecule has 0 aliphatic carbocycles. The summed E-state index contributed by atoms with van der Waals surface area (Å²) in [7, 11) is -2.15. The number of rotatable bonds is 11. The van der Waals surface area contributed by atoms with Gasteiger partial charge in [-0.2, -0.15) is 0 Å². The number of hydrogen-bond acceptors (Lipinski definition) is 6. The Morgan fingerprint density at radius 2 is 1.84 bits per heavy atom. The Morgan fingerprint density at radius 3 is 2.56 bits per heavy atom. The molecular weight excluding hydrogens is 430 g/mol. The summed E-state index contributed by atoms with van der Waals surface area (Å²) in [4.78, 5) is 16.8. The highest BCUT2D eigenvalue weighted by Gasteiger charge is 2.14. The van der Waals surface area contributed by atoms with Crippen LogP contribution in [-0.2, 0) is 27.9 Å². The highest BCUT2D eigenvalue weighted by Crippen LogP contribution is 2.15. The third-order valence-corrected chi connectivity index (χ3v) is 5.97. The van der Waals surface area contributed by atoms with Crippen molar-refractivity contribution < 1.29 is 22.7 Å². The van der Waals surface area contributed by atoms with Crippen LogP contribution in [0.1, 0.15) is 21.6 Å². The van der Waals surface area contributed by atoms with Crippen LogP contribution in [0.4, 0.5) is 0 Å². The number of carbonyl (C=O) groups excluding carboxylic acids is 1. The van der Waals surface area contributed by atoms with Gasteiger partial charge in [0.25, 0.3) is 5.91 Å². The summed E-state index contributed by atoms with van der Waals surface area (Å²) in [5.41, 5.74) is 2.06. The number of pyridine rings is 1. The van der Waals surface area contributed by atoms with Crippen molar-refractivity contribution in [3.05, 3.63) is 89.7 Å². The molecule has 0 aliphatic rings. The molecule has 3 rings (SSSR count). The van der Waals surface area contributed by atoms with Gasteiger partial charge in [0.15, 0.2) is 0 Å². The van der Waals surface area contributed by atoms with Gasteiger partial charge >= 0.3 is 0 Å². The van der Waals surface area contributed by atoms with Crippen molar-refractivity contribution in [1.29, 1.82) is 0 Å². The van der Waals surface area contributed by atoms with Gasteiger partial charge in [0.05, 0.1) is 17.2 Å². The van der Waals surface area contributed by atoms with E-state index in [-0.39, 0.29) is 24.0 Å². The summed E-state index contributed by atoms with van der Waals surface area (Å²) in [6.45, 7) is 1.10. The van der Waals surface area contributed by atoms with Crippen LogP contribution in [0, 0.1) is 0 Å². The van der Waals surface area contributed by atoms with Gasteiger partial charge in [0.1, 0.15) is 12.4 Å². The lowest BCUT2D eigenvalue weighted by atomic mass is 10.2. The average molecular weight is 456 g/mol. The number of amides is 1. The molecule has 0 bridgehead atoms. The van der Waals surface area contributed by atoms with Crippen LogP contribution in [0.5, 0.6) is 5.75 Å². The first kappa shape index (κ1) is 23.4. The number of nitrogens with zero attached hydrogens (tertiary/aromatic N) is 1. The topological polar surface area (TPSA) is 107 Å².